The predicted octanol–water partition coefficient (Wildman–Crippen LogP) is 0.170. The number of carbonyl (C=O) groups excluding carboxylic acids is 1. The minimum atomic E-state index is 0.160. The van der Waals surface area contributed by atoms with E-state index in [1.165, 1.54) is 0 Å². The molecule has 58 valence electrons. The number of hydrogen-bond donors (Lipinski definition) is 0. The van der Waals surface area contributed by atoms with Crippen LogP contribution in [0.25, 0.3) is 0 Å². The lowest BCUT2D eigenvalue weighted by molar-refractivity contribution is -0.126. The molecule has 3 heteroatoms. The summed E-state index contributed by atoms with van der Waals surface area (Å²) in [7, 11) is 1.83. The van der Waals surface area contributed by atoms with Crippen LogP contribution < -0.4 is 0 Å². The van der Waals surface area contributed by atoms with Crippen molar-refractivity contribution in [3.63, 3.8) is 0 Å². The number of allylic oxidation sites excluding steroid dienone is 2. The zero-order chi connectivity index (χ0) is 7.84. The standard InChI is InChI=1S/C8H10N2O/c1-9-7-4-2-3-5-10(7)6-8(9)11/h2-5,7H,6H2,1H3/t7-/m1/s1. The van der Waals surface area contributed by atoms with Crippen molar-refractivity contribution in [1.82, 2.24) is 9.80 Å². The molecule has 0 radical (unpaired) electrons. The van der Waals surface area contributed by atoms with Crippen LogP contribution in [-0.4, -0.2) is 35.5 Å². The summed E-state index contributed by atoms with van der Waals surface area (Å²) in [6.07, 6.45) is 8.04. The molecule has 3 nitrogen and oxygen atoms in total. The first-order valence-corrected chi connectivity index (χ1v) is 3.65. The van der Waals surface area contributed by atoms with Crippen LogP contribution in [0.4, 0.5) is 0 Å². The molecule has 1 amide bonds. The van der Waals surface area contributed by atoms with Gasteiger partial charge >= 0.3 is 0 Å². The highest BCUT2D eigenvalue weighted by Gasteiger charge is 2.31. The zero-order valence-corrected chi connectivity index (χ0v) is 6.40. The molecule has 0 spiro atoms. The van der Waals surface area contributed by atoms with Gasteiger partial charge in [0.05, 0.1) is 6.54 Å². The Labute approximate surface area is 65.6 Å². The van der Waals surface area contributed by atoms with Gasteiger partial charge in [0.2, 0.25) is 5.91 Å². The molecular formula is C8H10N2O. The van der Waals surface area contributed by atoms with E-state index < -0.39 is 0 Å². The molecule has 1 fully saturated rings. The van der Waals surface area contributed by atoms with Crippen molar-refractivity contribution >= 4 is 5.91 Å². The van der Waals surface area contributed by atoms with Crippen LogP contribution in [0.15, 0.2) is 24.4 Å². The summed E-state index contributed by atoms with van der Waals surface area (Å²) in [6.45, 7) is 0.516. The molecule has 0 aromatic carbocycles. The molecule has 1 saturated heterocycles. The summed E-state index contributed by atoms with van der Waals surface area (Å²) in [5.41, 5.74) is 0. The van der Waals surface area contributed by atoms with Crippen LogP contribution in [0, 0.1) is 0 Å². The second kappa shape index (κ2) is 2.12. The molecule has 2 heterocycles. The van der Waals surface area contributed by atoms with Crippen molar-refractivity contribution < 1.29 is 4.79 Å². The maximum atomic E-state index is 11.2. The molecule has 0 aliphatic carbocycles. The number of amides is 1. The van der Waals surface area contributed by atoms with Crippen molar-refractivity contribution in [3.8, 4) is 0 Å². The number of nitrogens with zero attached hydrogens (tertiary/aromatic N) is 2. The monoisotopic (exact) mass is 150 g/mol. The highest BCUT2D eigenvalue weighted by molar-refractivity contribution is 5.81. The minimum absolute atomic E-state index is 0.160. The Hall–Kier alpha value is -1.25. The van der Waals surface area contributed by atoms with Crippen LogP contribution >= 0.6 is 0 Å². The third kappa shape index (κ3) is 0.843. The van der Waals surface area contributed by atoms with Gasteiger partial charge in [-0.05, 0) is 12.2 Å². The average molecular weight is 150 g/mol. The van der Waals surface area contributed by atoms with E-state index in [4.69, 9.17) is 0 Å². The van der Waals surface area contributed by atoms with E-state index in [0.29, 0.717) is 6.54 Å². The van der Waals surface area contributed by atoms with Crippen LogP contribution in [0.5, 0.6) is 0 Å². The Bertz CT molecular complexity index is 244. The fourth-order valence-corrected chi connectivity index (χ4v) is 1.44. The van der Waals surface area contributed by atoms with E-state index in [0.717, 1.165) is 0 Å². The molecule has 0 saturated carbocycles. The molecule has 0 N–H and O–H groups in total. The summed E-state index contributed by atoms with van der Waals surface area (Å²) in [4.78, 5) is 14.9. The second-order valence-corrected chi connectivity index (χ2v) is 2.82. The van der Waals surface area contributed by atoms with Gasteiger partial charge in [-0.2, -0.15) is 0 Å². The molecule has 0 aromatic rings. The minimum Gasteiger partial charge on any atom is -0.345 e. The first kappa shape index (κ1) is 6.46. The maximum absolute atomic E-state index is 11.2. The lowest BCUT2D eigenvalue weighted by Crippen LogP contribution is -2.33. The molecule has 2 rings (SSSR count). The van der Waals surface area contributed by atoms with Gasteiger partial charge < -0.3 is 9.80 Å². The summed E-state index contributed by atoms with van der Waals surface area (Å²) in [5, 5.41) is 0. The highest BCUT2D eigenvalue weighted by atomic mass is 16.2. The Kier molecular flexibility index (Phi) is 1.24. The Morgan fingerprint density at radius 2 is 2.36 bits per heavy atom. The van der Waals surface area contributed by atoms with E-state index in [-0.39, 0.29) is 12.1 Å². The molecule has 0 unspecified atom stereocenters. The van der Waals surface area contributed by atoms with Gasteiger partial charge in [-0.25, -0.2) is 0 Å². The Morgan fingerprint density at radius 1 is 1.55 bits per heavy atom. The van der Waals surface area contributed by atoms with Crippen molar-refractivity contribution in [3.05, 3.63) is 24.4 Å². The fourth-order valence-electron chi connectivity index (χ4n) is 1.44. The van der Waals surface area contributed by atoms with E-state index in [9.17, 15) is 4.79 Å². The highest BCUT2D eigenvalue weighted by Crippen LogP contribution is 2.17. The Morgan fingerprint density at radius 3 is 3.09 bits per heavy atom. The fraction of sp³-hybridized carbons (Fsp3) is 0.375. The summed E-state index contributed by atoms with van der Waals surface area (Å²) in [5.74, 6) is 0.186. The van der Waals surface area contributed by atoms with Crippen molar-refractivity contribution in [2.75, 3.05) is 13.6 Å². The predicted molar refractivity (Wildman–Crippen MR) is 41.5 cm³/mol. The van der Waals surface area contributed by atoms with Crippen molar-refractivity contribution in [1.29, 1.82) is 0 Å². The van der Waals surface area contributed by atoms with Gasteiger partial charge in [-0.15, -0.1) is 0 Å². The number of rotatable bonds is 0. The largest absolute Gasteiger partial charge is 0.345 e. The third-order valence-electron chi connectivity index (χ3n) is 2.12. The lowest BCUT2D eigenvalue weighted by atomic mass is 10.3. The van der Waals surface area contributed by atoms with E-state index in [2.05, 4.69) is 0 Å². The molecule has 0 aromatic heterocycles. The van der Waals surface area contributed by atoms with Gasteiger partial charge in [-0.3, -0.25) is 4.79 Å². The van der Waals surface area contributed by atoms with Crippen LogP contribution in [0.3, 0.4) is 0 Å². The van der Waals surface area contributed by atoms with Gasteiger partial charge in [0.25, 0.3) is 0 Å². The molecular weight excluding hydrogens is 140 g/mol. The molecule has 1 atom stereocenters. The second-order valence-electron chi connectivity index (χ2n) is 2.82. The zero-order valence-electron chi connectivity index (χ0n) is 6.40. The van der Waals surface area contributed by atoms with Crippen LogP contribution in [-0.2, 0) is 4.79 Å². The molecule has 2 aliphatic rings. The van der Waals surface area contributed by atoms with Gasteiger partial charge in [-0.1, -0.05) is 6.08 Å². The number of carbonyl (C=O) groups is 1. The van der Waals surface area contributed by atoms with E-state index >= 15 is 0 Å². The number of fused-ring (bicyclic) bond motifs is 1. The topological polar surface area (TPSA) is 23.6 Å². The number of likely N-dealkylation sites (N-methyl/N-ethyl adjacent to an activating group) is 1. The smallest absolute Gasteiger partial charge is 0.243 e. The van der Waals surface area contributed by atoms with E-state index in [1.54, 1.807) is 4.90 Å². The SMILES string of the molecule is CN1C(=O)CN2C=CC=C[C@@H]21. The lowest BCUT2D eigenvalue weighted by Gasteiger charge is -2.24. The number of hydrogen-bond acceptors (Lipinski definition) is 2. The Balaban J connectivity index is 2.27. The average Bonchev–Trinajstić information content (AvgIpc) is 2.30. The summed E-state index contributed by atoms with van der Waals surface area (Å²) in [6, 6.07) is 0. The van der Waals surface area contributed by atoms with Crippen molar-refractivity contribution in [2.45, 2.75) is 6.17 Å². The normalized spacial score (nSPS) is 28.1. The molecule has 2 aliphatic heterocycles. The summed E-state index contributed by atoms with van der Waals surface area (Å²) >= 11 is 0. The van der Waals surface area contributed by atoms with Crippen LogP contribution in [0.1, 0.15) is 0 Å². The first-order valence-electron chi connectivity index (χ1n) is 3.65. The molecule has 0 bridgehead atoms. The van der Waals surface area contributed by atoms with Gasteiger partial charge in [0.1, 0.15) is 6.17 Å². The quantitative estimate of drug-likeness (QED) is 0.491. The summed E-state index contributed by atoms with van der Waals surface area (Å²) < 4.78 is 0. The van der Waals surface area contributed by atoms with Gasteiger partial charge in [0, 0.05) is 13.2 Å². The van der Waals surface area contributed by atoms with Crippen LogP contribution in [0.2, 0.25) is 0 Å². The first-order chi connectivity index (χ1) is 5.29. The maximum Gasteiger partial charge on any atom is 0.243 e. The molecule has 11 heavy (non-hydrogen) atoms. The van der Waals surface area contributed by atoms with Gasteiger partial charge in [0.15, 0.2) is 0 Å². The van der Waals surface area contributed by atoms with E-state index in [1.807, 2.05) is 36.4 Å². The third-order valence-corrected chi connectivity index (χ3v) is 2.12. The van der Waals surface area contributed by atoms with Crippen molar-refractivity contribution in [2.24, 2.45) is 0 Å².